The first-order chi connectivity index (χ1) is 8.78. The molecule has 1 heterocycles. The van der Waals surface area contributed by atoms with Gasteiger partial charge in [0.05, 0.1) is 12.2 Å². The van der Waals surface area contributed by atoms with Crippen LogP contribution in [-0.4, -0.2) is 17.0 Å². The molecule has 1 aromatic rings. The normalized spacial score (nSPS) is 16.9. The van der Waals surface area contributed by atoms with Crippen LogP contribution in [0.3, 0.4) is 0 Å². The summed E-state index contributed by atoms with van der Waals surface area (Å²) in [6.07, 6.45) is 4.97. The van der Waals surface area contributed by atoms with Gasteiger partial charge in [0, 0.05) is 11.7 Å². The van der Waals surface area contributed by atoms with Gasteiger partial charge in [-0.3, -0.25) is 10.4 Å². The average molecular weight is 247 g/mol. The molecule has 1 aromatic heterocycles. The minimum atomic E-state index is 0.505. The third kappa shape index (κ3) is 3.70. The number of nitrogens with zero attached hydrogens (tertiary/aromatic N) is 2. The highest BCUT2D eigenvalue weighted by molar-refractivity contribution is 5.79. The van der Waals surface area contributed by atoms with Gasteiger partial charge in [0.2, 0.25) is 5.96 Å². The molecule has 5 heteroatoms. The van der Waals surface area contributed by atoms with Crippen LogP contribution in [0.1, 0.15) is 37.1 Å². The Kier molecular flexibility index (Phi) is 4.52. The number of nitrogens with one attached hydrogen (secondary N) is 2. The van der Waals surface area contributed by atoms with E-state index in [1.54, 1.807) is 0 Å². The van der Waals surface area contributed by atoms with E-state index in [-0.39, 0.29) is 0 Å². The topological polar surface area (TPSA) is 75.3 Å². The summed E-state index contributed by atoms with van der Waals surface area (Å²) in [5.41, 5.74) is 4.59. The molecule has 1 aliphatic carbocycles. The standard InChI is InChI=1S/C13H21N5/c1-10-5-4-8-12(16-10)9-15-13(18-14)17-11-6-2-3-7-11/h4-5,8,11H,2-3,6-7,9,14H2,1H3,(H2,15,17,18). The molecule has 1 fully saturated rings. The van der Waals surface area contributed by atoms with Crippen molar-refractivity contribution in [3.63, 3.8) is 0 Å². The first-order valence-electron chi connectivity index (χ1n) is 6.48. The van der Waals surface area contributed by atoms with Crippen LogP contribution in [0, 0.1) is 6.92 Å². The van der Waals surface area contributed by atoms with Crippen LogP contribution >= 0.6 is 0 Å². The molecule has 0 radical (unpaired) electrons. The number of hydrogen-bond donors (Lipinski definition) is 3. The van der Waals surface area contributed by atoms with Gasteiger partial charge in [-0.05, 0) is 31.9 Å². The van der Waals surface area contributed by atoms with Crippen molar-refractivity contribution in [3.8, 4) is 0 Å². The maximum absolute atomic E-state index is 5.48. The second kappa shape index (κ2) is 6.35. The van der Waals surface area contributed by atoms with Gasteiger partial charge >= 0.3 is 0 Å². The molecule has 0 spiro atoms. The molecule has 0 bridgehead atoms. The zero-order chi connectivity index (χ0) is 12.8. The highest BCUT2D eigenvalue weighted by Crippen LogP contribution is 2.17. The van der Waals surface area contributed by atoms with Crippen molar-refractivity contribution in [2.45, 2.75) is 45.2 Å². The predicted molar refractivity (Wildman–Crippen MR) is 72.8 cm³/mol. The summed E-state index contributed by atoms with van der Waals surface area (Å²) >= 11 is 0. The molecule has 18 heavy (non-hydrogen) atoms. The lowest BCUT2D eigenvalue weighted by Crippen LogP contribution is -2.45. The van der Waals surface area contributed by atoms with Crippen molar-refractivity contribution in [1.29, 1.82) is 0 Å². The van der Waals surface area contributed by atoms with Crippen molar-refractivity contribution < 1.29 is 0 Å². The van der Waals surface area contributed by atoms with Crippen molar-refractivity contribution in [2.75, 3.05) is 0 Å². The number of pyridine rings is 1. The molecule has 5 nitrogen and oxygen atoms in total. The summed E-state index contributed by atoms with van der Waals surface area (Å²) in [6.45, 7) is 2.52. The molecule has 98 valence electrons. The fraction of sp³-hybridized carbons (Fsp3) is 0.538. The van der Waals surface area contributed by atoms with E-state index in [9.17, 15) is 0 Å². The fourth-order valence-electron chi connectivity index (χ4n) is 2.24. The zero-order valence-electron chi connectivity index (χ0n) is 10.8. The van der Waals surface area contributed by atoms with E-state index >= 15 is 0 Å². The summed E-state index contributed by atoms with van der Waals surface area (Å²) in [7, 11) is 0. The van der Waals surface area contributed by atoms with Gasteiger partial charge in [0.15, 0.2) is 0 Å². The average Bonchev–Trinajstić information content (AvgIpc) is 2.87. The molecule has 0 saturated heterocycles. The monoisotopic (exact) mass is 247 g/mol. The van der Waals surface area contributed by atoms with Crippen LogP contribution in [0.4, 0.5) is 0 Å². The lowest BCUT2D eigenvalue weighted by Gasteiger charge is -2.14. The Labute approximate surface area is 108 Å². The predicted octanol–water partition coefficient (Wildman–Crippen LogP) is 1.24. The number of hydrazine groups is 1. The molecule has 0 aromatic carbocycles. The summed E-state index contributed by atoms with van der Waals surface area (Å²) in [5.74, 6) is 6.14. The number of rotatable bonds is 3. The van der Waals surface area contributed by atoms with Gasteiger partial charge in [0.25, 0.3) is 0 Å². The number of aryl methyl sites for hydroxylation is 1. The van der Waals surface area contributed by atoms with E-state index < -0.39 is 0 Å². The molecule has 1 aliphatic rings. The van der Waals surface area contributed by atoms with Gasteiger partial charge in [-0.15, -0.1) is 0 Å². The van der Waals surface area contributed by atoms with Crippen LogP contribution in [0.15, 0.2) is 23.2 Å². The quantitative estimate of drug-likeness (QED) is 0.325. The Morgan fingerprint density at radius 3 is 2.89 bits per heavy atom. The summed E-state index contributed by atoms with van der Waals surface area (Å²) in [4.78, 5) is 8.83. The third-order valence-electron chi connectivity index (χ3n) is 3.18. The molecular formula is C13H21N5. The minimum absolute atomic E-state index is 0.505. The molecule has 4 N–H and O–H groups in total. The summed E-state index contributed by atoms with van der Waals surface area (Å²) in [6, 6.07) is 6.45. The third-order valence-corrected chi connectivity index (χ3v) is 3.18. The first-order valence-corrected chi connectivity index (χ1v) is 6.48. The lowest BCUT2D eigenvalue weighted by molar-refractivity contribution is 0.614. The number of aliphatic imine (C=N–C) groups is 1. The van der Waals surface area contributed by atoms with Crippen LogP contribution in [-0.2, 0) is 6.54 Å². The first kappa shape index (κ1) is 12.8. The highest BCUT2D eigenvalue weighted by atomic mass is 15.3. The Morgan fingerprint density at radius 1 is 1.44 bits per heavy atom. The van der Waals surface area contributed by atoms with Crippen LogP contribution in [0.25, 0.3) is 0 Å². The Hall–Kier alpha value is -1.62. The van der Waals surface area contributed by atoms with Gasteiger partial charge < -0.3 is 5.32 Å². The molecule has 0 aliphatic heterocycles. The second-order valence-corrected chi connectivity index (χ2v) is 4.71. The van der Waals surface area contributed by atoms with Crippen LogP contribution < -0.4 is 16.6 Å². The van der Waals surface area contributed by atoms with Gasteiger partial charge in [-0.1, -0.05) is 18.9 Å². The number of guanidine groups is 1. The van der Waals surface area contributed by atoms with E-state index in [2.05, 4.69) is 20.7 Å². The van der Waals surface area contributed by atoms with E-state index in [1.807, 2.05) is 25.1 Å². The number of hydrogen-bond acceptors (Lipinski definition) is 3. The fourth-order valence-corrected chi connectivity index (χ4v) is 2.24. The van der Waals surface area contributed by atoms with E-state index in [0.29, 0.717) is 18.5 Å². The van der Waals surface area contributed by atoms with Crippen molar-refractivity contribution in [1.82, 2.24) is 15.7 Å². The van der Waals surface area contributed by atoms with Gasteiger partial charge in [-0.25, -0.2) is 10.8 Å². The van der Waals surface area contributed by atoms with Crippen LogP contribution in [0.2, 0.25) is 0 Å². The van der Waals surface area contributed by atoms with E-state index in [0.717, 1.165) is 11.4 Å². The lowest BCUT2D eigenvalue weighted by atomic mass is 10.2. The molecule has 0 atom stereocenters. The zero-order valence-corrected chi connectivity index (χ0v) is 10.8. The highest BCUT2D eigenvalue weighted by Gasteiger charge is 2.15. The van der Waals surface area contributed by atoms with Crippen molar-refractivity contribution in [3.05, 3.63) is 29.6 Å². The molecule has 0 unspecified atom stereocenters. The van der Waals surface area contributed by atoms with E-state index in [4.69, 9.17) is 5.84 Å². The number of nitrogens with two attached hydrogens (primary N) is 1. The molecular weight excluding hydrogens is 226 g/mol. The molecule has 1 saturated carbocycles. The Balaban J connectivity index is 1.92. The van der Waals surface area contributed by atoms with Crippen LogP contribution in [0.5, 0.6) is 0 Å². The molecule has 2 rings (SSSR count). The summed E-state index contributed by atoms with van der Waals surface area (Å²) < 4.78 is 0. The van der Waals surface area contributed by atoms with Gasteiger partial charge in [-0.2, -0.15) is 0 Å². The maximum atomic E-state index is 5.48. The van der Waals surface area contributed by atoms with Crippen molar-refractivity contribution in [2.24, 2.45) is 10.8 Å². The second-order valence-electron chi connectivity index (χ2n) is 4.71. The molecule has 0 amide bonds. The minimum Gasteiger partial charge on any atom is -0.353 e. The van der Waals surface area contributed by atoms with E-state index in [1.165, 1.54) is 25.7 Å². The van der Waals surface area contributed by atoms with Crippen molar-refractivity contribution >= 4 is 5.96 Å². The number of aromatic nitrogens is 1. The smallest absolute Gasteiger partial charge is 0.206 e. The SMILES string of the molecule is Cc1cccc(CN=C(NN)NC2CCCC2)n1. The van der Waals surface area contributed by atoms with Gasteiger partial charge in [0.1, 0.15) is 0 Å². The Morgan fingerprint density at radius 2 is 2.22 bits per heavy atom. The maximum Gasteiger partial charge on any atom is 0.206 e. The Bertz CT molecular complexity index is 410. The largest absolute Gasteiger partial charge is 0.353 e. The summed E-state index contributed by atoms with van der Waals surface area (Å²) in [5, 5.41) is 3.34.